The normalized spacial score (nSPS) is 11.8. The maximum atomic E-state index is 11.6. The third-order valence-electron chi connectivity index (χ3n) is 2.02. The van der Waals surface area contributed by atoms with Crippen LogP contribution >= 0.6 is 11.8 Å². The van der Waals surface area contributed by atoms with Gasteiger partial charge in [-0.15, -0.1) is 0 Å². The van der Waals surface area contributed by atoms with Crippen LogP contribution in [0.1, 0.15) is 26.3 Å². The number of carbonyl (C=O) groups excluding carboxylic acids is 1. The number of hydrogen-bond acceptors (Lipinski definition) is 4. The molecule has 0 unspecified atom stereocenters. The smallest absolute Gasteiger partial charge is 0.212 e. The van der Waals surface area contributed by atoms with E-state index in [0.29, 0.717) is 5.75 Å². The minimum atomic E-state index is -0.0892. The monoisotopic (exact) mass is 266 g/mol. The Kier molecular flexibility index (Phi) is 4.84. The zero-order valence-electron chi connectivity index (χ0n) is 11.1. The fourth-order valence-electron chi connectivity index (χ4n) is 1.30. The molecule has 0 bridgehead atoms. The quantitative estimate of drug-likeness (QED) is 0.851. The standard InChI is InChI=1S/C14H18O3S/c1-14(2,3)18-13(16)8-6-10-5-7-11(15)12(9-10)17-4/h5-9,15H,1-4H3/b8-6+. The Morgan fingerprint density at radius 2 is 2.06 bits per heavy atom. The fourth-order valence-corrected chi connectivity index (χ4v) is 2.04. The molecule has 0 aromatic heterocycles. The first-order valence-electron chi connectivity index (χ1n) is 5.60. The van der Waals surface area contributed by atoms with Crippen molar-refractivity contribution in [2.45, 2.75) is 25.5 Å². The number of carbonyl (C=O) groups is 1. The molecule has 0 saturated carbocycles. The first-order valence-corrected chi connectivity index (χ1v) is 6.41. The van der Waals surface area contributed by atoms with E-state index in [1.807, 2.05) is 20.8 Å². The largest absolute Gasteiger partial charge is 0.504 e. The molecule has 0 aliphatic carbocycles. The zero-order valence-corrected chi connectivity index (χ0v) is 11.9. The molecular formula is C14H18O3S. The van der Waals surface area contributed by atoms with Gasteiger partial charge in [0, 0.05) is 4.75 Å². The third kappa shape index (κ3) is 4.84. The Hall–Kier alpha value is -1.42. The van der Waals surface area contributed by atoms with Crippen LogP contribution in [0.4, 0.5) is 0 Å². The predicted octanol–water partition coefficient (Wildman–Crippen LogP) is 3.47. The summed E-state index contributed by atoms with van der Waals surface area (Å²) in [5, 5.41) is 9.45. The molecule has 0 spiro atoms. The van der Waals surface area contributed by atoms with Crippen LogP contribution in [0.2, 0.25) is 0 Å². The average Bonchev–Trinajstić information content (AvgIpc) is 2.25. The SMILES string of the molecule is COc1cc(/C=C/C(=O)SC(C)(C)C)ccc1O. The van der Waals surface area contributed by atoms with Crippen LogP contribution in [-0.4, -0.2) is 22.1 Å². The zero-order chi connectivity index (χ0) is 13.8. The Labute approximate surface area is 112 Å². The topological polar surface area (TPSA) is 46.5 Å². The van der Waals surface area contributed by atoms with Crippen LogP contribution in [0.25, 0.3) is 6.08 Å². The second-order valence-electron chi connectivity index (χ2n) is 4.80. The Morgan fingerprint density at radius 1 is 1.39 bits per heavy atom. The molecule has 1 N–H and O–H groups in total. The summed E-state index contributed by atoms with van der Waals surface area (Å²) >= 11 is 1.28. The van der Waals surface area contributed by atoms with Crippen molar-refractivity contribution in [1.82, 2.24) is 0 Å². The molecule has 1 rings (SSSR count). The highest BCUT2D eigenvalue weighted by atomic mass is 32.2. The maximum Gasteiger partial charge on any atom is 0.212 e. The third-order valence-corrected chi connectivity index (χ3v) is 2.97. The van der Waals surface area contributed by atoms with E-state index in [1.165, 1.54) is 24.9 Å². The molecule has 0 aliphatic rings. The summed E-state index contributed by atoms with van der Waals surface area (Å²) in [6.07, 6.45) is 3.24. The van der Waals surface area contributed by atoms with E-state index >= 15 is 0 Å². The van der Waals surface area contributed by atoms with Crippen molar-refractivity contribution < 1.29 is 14.6 Å². The van der Waals surface area contributed by atoms with Gasteiger partial charge in [-0.05, 0) is 23.8 Å². The summed E-state index contributed by atoms with van der Waals surface area (Å²) in [5.41, 5.74) is 0.813. The Balaban J connectivity index is 2.76. The molecule has 0 atom stereocenters. The van der Waals surface area contributed by atoms with Gasteiger partial charge in [0.25, 0.3) is 0 Å². The van der Waals surface area contributed by atoms with Gasteiger partial charge < -0.3 is 9.84 Å². The molecular weight excluding hydrogens is 248 g/mol. The van der Waals surface area contributed by atoms with Gasteiger partial charge in [-0.1, -0.05) is 44.7 Å². The molecule has 0 amide bonds. The number of benzene rings is 1. The van der Waals surface area contributed by atoms with Crippen molar-refractivity contribution in [2.24, 2.45) is 0 Å². The van der Waals surface area contributed by atoms with Gasteiger partial charge >= 0.3 is 0 Å². The number of rotatable bonds is 3. The predicted molar refractivity (Wildman–Crippen MR) is 76.0 cm³/mol. The van der Waals surface area contributed by atoms with Crippen molar-refractivity contribution in [3.05, 3.63) is 29.8 Å². The van der Waals surface area contributed by atoms with Gasteiger partial charge in [0.1, 0.15) is 0 Å². The fraction of sp³-hybridized carbons (Fsp3) is 0.357. The van der Waals surface area contributed by atoms with Gasteiger partial charge in [0.2, 0.25) is 5.12 Å². The Morgan fingerprint density at radius 3 is 2.61 bits per heavy atom. The highest BCUT2D eigenvalue weighted by Crippen LogP contribution is 2.28. The second-order valence-corrected chi connectivity index (χ2v) is 6.63. The van der Waals surface area contributed by atoms with Gasteiger partial charge in [-0.3, -0.25) is 4.79 Å². The molecule has 3 nitrogen and oxygen atoms in total. The minimum Gasteiger partial charge on any atom is -0.504 e. The maximum absolute atomic E-state index is 11.6. The van der Waals surface area contributed by atoms with Crippen LogP contribution in [0.5, 0.6) is 11.5 Å². The number of hydrogen-bond donors (Lipinski definition) is 1. The van der Waals surface area contributed by atoms with Crippen LogP contribution in [0, 0.1) is 0 Å². The lowest BCUT2D eigenvalue weighted by molar-refractivity contribution is -0.107. The first kappa shape index (κ1) is 14.6. The van der Waals surface area contributed by atoms with Crippen molar-refractivity contribution in [2.75, 3.05) is 7.11 Å². The summed E-state index contributed by atoms with van der Waals surface area (Å²) in [6, 6.07) is 4.95. The number of methoxy groups -OCH3 is 1. The highest BCUT2D eigenvalue weighted by molar-refractivity contribution is 8.15. The number of aromatic hydroxyl groups is 1. The van der Waals surface area contributed by atoms with Crippen molar-refractivity contribution in [3.63, 3.8) is 0 Å². The first-order chi connectivity index (χ1) is 8.31. The highest BCUT2D eigenvalue weighted by Gasteiger charge is 2.14. The lowest BCUT2D eigenvalue weighted by Gasteiger charge is -2.14. The lowest BCUT2D eigenvalue weighted by Crippen LogP contribution is -2.10. The van der Waals surface area contributed by atoms with Crippen LogP contribution in [-0.2, 0) is 4.79 Å². The van der Waals surface area contributed by atoms with E-state index < -0.39 is 0 Å². The van der Waals surface area contributed by atoms with Crippen molar-refractivity contribution in [3.8, 4) is 11.5 Å². The number of ether oxygens (including phenoxy) is 1. The summed E-state index contributed by atoms with van der Waals surface area (Å²) in [5.74, 6) is 0.484. The van der Waals surface area contributed by atoms with E-state index in [-0.39, 0.29) is 15.6 Å². The van der Waals surface area contributed by atoms with Crippen LogP contribution in [0.15, 0.2) is 24.3 Å². The number of thioether (sulfide) groups is 1. The number of phenols is 1. The van der Waals surface area contributed by atoms with E-state index in [4.69, 9.17) is 4.74 Å². The molecule has 0 saturated heterocycles. The molecule has 1 aromatic carbocycles. The summed E-state index contributed by atoms with van der Waals surface area (Å²) in [7, 11) is 1.49. The lowest BCUT2D eigenvalue weighted by atomic mass is 10.2. The van der Waals surface area contributed by atoms with E-state index in [2.05, 4.69) is 0 Å². The van der Waals surface area contributed by atoms with E-state index in [0.717, 1.165) is 5.56 Å². The molecule has 1 aromatic rings. The van der Waals surface area contributed by atoms with E-state index in [9.17, 15) is 9.90 Å². The van der Waals surface area contributed by atoms with Gasteiger partial charge in [0.05, 0.1) is 7.11 Å². The van der Waals surface area contributed by atoms with E-state index in [1.54, 1.807) is 24.3 Å². The molecule has 0 heterocycles. The molecule has 0 radical (unpaired) electrons. The van der Waals surface area contributed by atoms with Gasteiger partial charge in [-0.2, -0.15) is 0 Å². The summed E-state index contributed by atoms with van der Waals surface area (Å²) < 4.78 is 4.91. The molecule has 0 fully saturated rings. The van der Waals surface area contributed by atoms with Gasteiger partial charge in [0.15, 0.2) is 11.5 Å². The molecule has 98 valence electrons. The minimum absolute atomic E-state index is 0.00884. The van der Waals surface area contributed by atoms with Crippen LogP contribution in [0.3, 0.4) is 0 Å². The second kappa shape index (κ2) is 5.96. The number of phenolic OH excluding ortho intramolecular Hbond substituents is 1. The van der Waals surface area contributed by atoms with Crippen molar-refractivity contribution >= 4 is 23.0 Å². The Bertz CT molecular complexity index is 459. The summed E-state index contributed by atoms with van der Waals surface area (Å²) in [6.45, 7) is 5.98. The average molecular weight is 266 g/mol. The molecule has 0 aliphatic heterocycles. The van der Waals surface area contributed by atoms with Crippen molar-refractivity contribution in [1.29, 1.82) is 0 Å². The van der Waals surface area contributed by atoms with Gasteiger partial charge in [-0.25, -0.2) is 0 Å². The van der Waals surface area contributed by atoms with Crippen LogP contribution < -0.4 is 4.74 Å². The summed E-state index contributed by atoms with van der Waals surface area (Å²) in [4.78, 5) is 11.6. The molecule has 4 heteroatoms. The molecule has 18 heavy (non-hydrogen) atoms.